The van der Waals surface area contributed by atoms with Crippen LogP contribution in [0.3, 0.4) is 0 Å². The molecule has 0 radical (unpaired) electrons. The predicted molar refractivity (Wildman–Crippen MR) is 107 cm³/mol. The molecule has 1 amide bonds. The first-order chi connectivity index (χ1) is 12.5. The van der Waals surface area contributed by atoms with Gasteiger partial charge in [-0.05, 0) is 36.4 Å². The number of fused-ring (bicyclic) bond motifs is 1. The number of rotatable bonds is 6. The van der Waals surface area contributed by atoms with E-state index < -0.39 is 0 Å². The average Bonchev–Trinajstić information content (AvgIpc) is 3.05. The van der Waals surface area contributed by atoms with Gasteiger partial charge in [-0.2, -0.15) is 0 Å². The van der Waals surface area contributed by atoms with Crippen molar-refractivity contribution in [3.05, 3.63) is 53.1 Å². The van der Waals surface area contributed by atoms with Gasteiger partial charge in [0.2, 0.25) is 0 Å². The molecule has 1 heterocycles. The van der Waals surface area contributed by atoms with Crippen molar-refractivity contribution in [2.75, 3.05) is 39.2 Å². The molecule has 0 saturated carbocycles. The van der Waals surface area contributed by atoms with Gasteiger partial charge < -0.3 is 9.64 Å². The smallest absolute Gasteiger partial charge is 0.260 e. The lowest BCUT2D eigenvalue weighted by atomic mass is 10.2. The van der Waals surface area contributed by atoms with Gasteiger partial charge in [0.25, 0.3) is 5.91 Å². The van der Waals surface area contributed by atoms with Crippen molar-refractivity contribution in [2.24, 2.45) is 0 Å². The SMILES string of the molecule is COc1cccc2sc(N(CC[NH+](C)C)C(=O)c3ccc(Cl)cc3)nc12. The number of carbonyl (C=O) groups is 1. The Hall–Kier alpha value is -2.15. The second kappa shape index (κ2) is 8.03. The zero-order valence-corrected chi connectivity index (χ0v) is 16.5. The first-order valence-electron chi connectivity index (χ1n) is 8.29. The van der Waals surface area contributed by atoms with Gasteiger partial charge in [0.15, 0.2) is 5.13 Å². The van der Waals surface area contributed by atoms with E-state index in [0.29, 0.717) is 28.0 Å². The minimum atomic E-state index is -0.0825. The summed E-state index contributed by atoms with van der Waals surface area (Å²) in [4.78, 5) is 20.8. The summed E-state index contributed by atoms with van der Waals surface area (Å²) < 4.78 is 6.39. The lowest BCUT2D eigenvalue weighted by Gasteiger charge is -2.20. The molecule has 1 aromatic heterocycles. The number of ether oxygens (including phenoxy) is 1. The molecular formula is C19H21ClN3O2S+. The van der Waals surface area contributed by atoms with Gasteiger partial charge in [0.05, 0.1) is 39.0 Å². The Morgan fingerprint density at radius 3 is 2.62 bits per heavy atom. The fourth-order valence-electron chi connectivity index (χ4n) is 2.56. The second-order valence-electron chi connectivity index (χ2n) is 6.22. The Morgan fingerprint density at radius 2 is 1.96 bits per heavy atom. The molecule has 0 spiro atoms. The van der Waals surface area contributed by atoms with Crippen LogP contribution in [-0.2, 0) is 0 Å². The van der Waals surface area contributed by atoms with Crippen LogP contribution in [0.4, 0.5) is 5.13 Å². The van der Waals surface area contributed by atoms with Crippen LogP contribution in [0, 0.1) is 0 Å². The average molecular weight is 391 g/mol. The highest BCUT2D eigenvalue weighted by Gasteiger charge is 2.23. The number of methoxy groups -OCH3 is 1. The van der Waals surface area contributed by atoms with Crippen LogP contribution < -0.4 is 14.5 Å². The first kappa shape index (κ1) is 18.6. The number of halogens is 1. The molecule has 0 atom stereocenters. The molecule has 2 aromatic carbocycles. The van der Waals surface area contributed by atoms with Crippen LogP contribution in [0.1, 0.15) is 10.4 Å². The summed E-state index contributed by atoms with van der Waals surface area (Å²) in [6.07, 6.45) is 0. The van der Waals surface area contributed by atoms with Gasteiger partial charge in [-0.15, -0.1) is 0 Å². The molecule has 0 bridgehead atoms. The first-order valence-corrected chi connectivity index (χ1v) is 9.49. The third-order valence-electron chi connectivity index (χ3n) is 3.99. The molecule has 0 aliphatic carbocycles. The Balaban J connectivity index is 2.00. The third kappa shape index (κ3) is 3.98. The minimum absolute atomic E-state index is 0.0825. The number of benzene rings is 2. The largest absolute Gasteiger partial charge is 0.494 e. The van der Waals surface area contributed by atoms with Crippen LogP contribution in [0.25, 0.3) is 10.2 Å². The number of para-hydroxylation sites is 1. The number of anilines is 1. The molecular weight excluding hydrogens is 370 g/mol. The van der Waals surface area contributed by atoms with E-state index in [9.17, 15) is 4.79 Å². The number of carbonyl (C=O) groups excluding carboxylic acids is 1. The van der Waals surface area contributed by atoms with E-state index in [1.165, 1.54) is 16.2 Å². The van der Waals surface area contributed by atoms with Crippen LogP contribution in [0.2, 0.25) is 5.02 Å². The van der Waals surface area contributed by atoms with Crippen molar-refractivity contribution in [3.8, 4) is 5.75 Å². The number of nitrogens with zero attached hydrogens (tertiary/aromatic N) is 2. The number of likely N-dealkylation sites (N-methyl/N-ethyl adjacent to an activating group) is 1. The maximum absolute atomic E-state index is 13.1. The van der Waals surface area contributed by atoms with Gasteiger partial charge in [0.1, 0.15) is 11.3 Å². The quantitative estimate of drug-likeness (QED) is 0.704. The monoisotopic (exact) mass is 390 g/mol. The van der Waals surface area contributed by atoms with E-state index in [4.69, 9.17) is 16.3 Å². The molecule has 1 N–H and O–H groups in total. The van der Waals surface area contributed by atoms with E-state index in [-0.39, 0.29) is 5.91 Å². The van der Waals surface area contributed by atoms with Crippen LogP contribution in [0.5, 0.6) is 5.75 Å². The van der Waals surface area contributed by atoms with Gasteiger partial charge in [-0.25, -0.2) is 4.98 Å². The zero-order valence-electron chi connectivity index (χ0n) is 15.0. The summed E-state index contributed by atoms with van der Waals surface area (Å²) in [6.45, 7) is 1.39. The number of aromatic nitrogens is 1. The topological polar surface area (TPSA) is 46.9 Å². The molecule has 3 aromatic rings. The summed E-state index contributed by atoms with van der Waals surface area (Å²) in [5.41, 5.74) is 1.37. The van der Waals surface area contributed by atoms with Crippen molar-refractivity contribution >= 4 is 44.2 Å². The molecule has 0 fully saturated rings. The van der Waals surface area contributed by atoms with Gasteiger partial charge >= 0.3 is 0 Å². The molecule has 5 nitrogen and oxygen atoms in total. The Labute approximate surface area is 161 Å². The maximum Gasteiger partial charge on any atom is 0.260 e. The highest BCUT2D eigenvalue weighted by Crippen LogP contribution is 2.34. The molecule has 26 heavy (non-hydrogen) atoms. The molecule has 0 saturated heterocycles. The lowest BCUT2D eigenvalue weighted by molar-refractivity contribution is -0.856. The minimum Gasteiger partial charge on any atom is -0.494 e. The van der Waals surface area contributed by atoms with Crippen molar-refractivity contribution < 1.29 is 14.4 Å². The van der Waals surface area contributed by atoms with Crippen LogP contribution >= 0.6 is 22.9 Å². The van der Waals surface area contributed by atoms with Crippen molar-refractivity contribution in [1.29, 1.82) is 0 Å². The van der Waals surface area contributed by atoms with E-state index in [1.807, 2.05) is 18.2 Å². The number of nitrogens with one attached hydrogen (secondary N) is 1. The number of hydrogen-bond acceptors (Lipinski definition) is 4. The Morgan fingerprint density at radius 1 is 1.23 bits per heavy atom. The summed E-state index contributed by atoms with van der Waals surface area (Å²) in [5.74, 6) is 0.628. The second-order valence-corrected chi connectivity index (χ2v) is 7.67. The maximum atomic E-state index is 13.1. The van der Waals surface area contributed by atoms with Gasteiger partial charge in [-0.3, -0.25) is 9.69 Å². The lowest BCUT2D eigenvalue weighted by Crippen LogP contribution is -3.06. The standard InChI is InChI=1S/C19H20ClN3O2S/c1-22(2)11-12-23(18(24)13-7-9-14(20)10-8-13)19-21-17-15(25-3)5-4-6-16(17)26-19/h4-10H,11-12H2,1-3H3/p+1. The number of quaternary nitrogens is 1. The van der Waals surface area contributed by atoms with E-state index in [1.54, 1.807) is 36.3 Å². The Kier molecular flexibility index (Phi) is 5.76. The predicted octanol–water partition coefficient (Wildman–Crippen LogP) is 2.75. The van der Waals surface area contributed by atoms with Crippen LogP contribution in [-0.4, -0.2) is 45.2 Å². The molecule has 7 heteroatoms. The van der Waals surface area contributed by atoms with Crippen molar-refractivity contribution in [2.45, 2.75) is 0 Å². The summed E-state index contributed by atoms with van der Waals surface area (Å²) >= 11 is 7.44. The summed E-state index contributed by atoms with van der Waals surface area (Å²) in [6, 6.07) is 12.7. The number of amides is 1. The van der Waals surface area contributed by atoms with E-state index in [2.05, 4.69) is 19.1 Å². The highest BCUT2D eigenvalue weighted by molar-refractivity contribution is 7.22. The fraction of sp³-hybridized carbons (Fsp3) is 0.263. The molecule has 3 rings (SSSR count). The molecule has 0 aliphatic rings. The zero-order chi connectivity index (χ0) is 18.7. The van der Waals surface area contributed by atoms with Gasteiger partial charge in [-0.1, -0.05) is 29.0 Å². The molecule has 0 unspecified atom stereocenters. The molecule has 136 valence electrons. The van der Waals surface area contributed by atoms with E-state index in [0.717, 1.165) is 16.8 Å². The normalized spacial score (nSPS) is 11.1. The number of hydrogen-bond donors (Lipinski definition) is 1. The highest BCUT2D eigenvalue weighted by atomic mass is 35.5. The summed E-state index contributed by atoms with van der Waals surface area (Å²) in [5, 5.41) is 1.28. The third-order valence-corrected chi connectivity index (χ3v) is 5.29. The van der Waals surface area contributed by atoms with Crippen molar-refractivity contribution in [1.82, 2.24) is 4.98 Å². The fourth-order valence-corrected chi connectivity index (χ4v) is 3.69. The Bertz CT molecular complexity index is 909. The van der Waals surface area contributed by atoms with E-state index >= 15 is 0 Å². The van der Waals surface area contributed by atoms with Gasteiger partial charge in [0, 0.05) is 10.6 Å². The number of thiazole rings is 1. The van der Waals surface area contributed by atoms with Crippen molar-refractivity contribution in [3.63, 3.8) is 0 Å². The van der Waals surface area contributed by atoms with Crippen LogP contribution in [0.15, 0.2) is 42.5 Å². The molecule has 0 aliphatic heterocycles. The summed E-state index contributed by atoms with van der Waals surface area (Å²) in [7, 11) is 5.75.